The van der Waals surface area contributed by atoms with Crippen LogP contribution in [0.25, 0.3) is 11.1 Å². The first kappa shape index (κ1) is 11.9. The number of aldehydes is 1. The van der Waals surface area contributed by atoms with E-state index in [9.17, 15) is 4.79 Å². The number of nitrogens with two attached hydrogens (primary N) is 1. The Morgan fingerprint density at radius 3 is 2.53 bits per heavy atom. The highest BCUT2D eigenvalue weighted by Crippen LogP contribution is 2.30. The molecule has 17 heavy (non-hydrogen) atoms. The summed E-state index contributed by atoms with van der Waals surface area (Å²) in [6.45, 7) is 4.25. The molecule has 1 aromatic heterocycles. The summed E-state index contributed by atoms with van der Waals surface area (Å²) in [6, 6.07) is 7.99. The van der Waals surface area contributed by atoms with Gasteiger partial charge in [-0.25, -0.2) is 0 Å². The summed E-state index contributed by atoms with van der Waals surface area (Å²) < 4.78 is 0. The molecule has 2 rings (SSSR count). The molecule has 2 N–H and O–H groups in total. The van der Waals surface area contributed by atoms with Gasteiger partial charge < -0.3 is 5.73 Å². The van der Waals surface area contributed by atoms with Crippen molar-refractivity contribution in [3.8, 4) is 11.1 Å². The van der Waals surface area contributed by atoms with Crippen molar-refractivity contribution in [3.63, 3.8) is 0 Å². The predicted molar refractivity (Wildman–Crippen MR) is 73.6 cm³/mol. The minimum absolute atomic E-state index is 0.428. The molecule has 1 aromatic carbocycles. The maximum absolute atomic E-state index is 10.6. The molecule has 88 valence electrons. The fourth-order valence-corrected chi connectivity index (χ4v) is 2.56. The Morgan fingerprint density at radius 1 is 1.24 bits per heavy atom. The maximum Gasteiger partial charge on any atom is 0.160 e. The fourth-order valence-electron chi connectivity index (χ4n) is 1.85. The van der Waals surface area contributed by atoms with Crippen LogP contribution in [0.15, 0.2) is 29.6 Å². The van der Waals surface area contributed by atoms with Crippen molar-refractivity contribution < 1.29 is 4.79 Å². The average Bonchev–Trinajstić information content (AvgIpc) is 2.76. The summed E-state index contributed by atoms with van der Waals surface area (Å²) in [5, 5.41) is 1.98. The molecule has 2 aromatic rings. The lowest BCUT2D eigenvalue weighted by atomic mass is 9.98. The van der Waals surface area contributed by atoms with E-state index < -0.39 is 0 Å². The number of thiophene rings is 1. The molecule has 0 unspecified atom stereocenters. The largest absolute Gasteiger partial charge is 0.398 e. The van der Waals surface area contributed by atoms with Gasteiger partial charge in [-0.3, -0.25) is 4.79 Å². The van der Waals surface area contributed by atoms with E-state index >= 15 is 0 Å². The second-order valence-corrected chi connectivity index (χ2v) is 5.30. The van der Waals surface area contributed by atoms with E-state index in [4.69, 9.17) is 5.73 Å². The van der Waals surface area contributed by atoms with Crippen LogP contribution in [-0.4, -0.2) is 6.29 Å². The zero-order valence-electron chi connectivity index (χ0n) is 9.94. The van der Waals surface area contributed by atoms with E-state index in [2.05, 4.69) is 26.0 Å². The number of carbonyl (C=O) groups excluding carboxylic acids is 1. The molecule has 0 aliphatic heterocycles. The first-order chi connectivity index (χ1) is 8.11. The number of hydrogen-bond acceptors (Lipinski definition) is 3. The van der Waals surface area contributed by atoms with Crippen LogP contribution in [0.4, 0.5) is 5.69 Å². The average molecular weight is 245 g/mol. The van der Waals surface area contributed by atoms with Crippen molar-refractivity contribution in [1.82, 2.24) is 0 Å². The first-order valence-electron chi connectivity index (χ1n) is 5.55. The van der Waals surface area contributed by atoms with E-state index in [0.29, 0.717) is 5.92 Å². The molecule has 0 bridgehead atoms. The Bertz CT molecular complexity index is 543. The molecule has 0 atom stereocenters. The quantitative estimate of drug-likeness (QED) is 0.657. The van der Waals surface area contributed by atoms with Crippen molar-refractivity contribution in [2.75, 3.05) is 5.73 Å². The second kappa shape index (κ2) is 4.72. The van der Waals surface area contributed by atoms with Gasteiger partial charge in [-0.15, -0.1) is 11.3 Å². The van der Waals surface area contributed by atoms with Gasteiger partial charge in [0, 0.05) is 5.69 Å². The normalized spacial score (nSPS) is 10.8. The molecule has 0 radical (unpaired) electrons. The van der Waals surface area contributed by atoms with Gasteiger partial charge in [-0.2, -0.15) is 0 Å². The number of hydrogen-bond donors (Lipinski definition) is 1. The SMILES string of the molecule is CC(C)c1ccc(-c2csc(C=O)c2)cc1N. The molecule has 3 heteroatoms. The van der Waals surface area contributed by atoms with Crippen LogP contribution in [0.2, 0.25) is 0 Å². The van der Waals surface area contributed by atoms with Crippen LogP contribution in [0.5, 0.6) is 0 Å². The topological polar surface area (TPSA) is 43.1 Å². The lowest BCUT2D eigenvalue weighted by molar-refractivity contribution is 0.112. The Labute approximate surface area is 105 Å². The highest BCUT2D eigenvalue weighted by molar-refractivity contribution is 7.12. The molecular weight excluding hydrogens is 230 g/mol. The predicted octanol–water partition coefficient (Wildman–Crippen LogP) is 3.93. The molecule has 1 heterocycles. The maximum atomic E-state index is 10.6. The summed E-state index contributed by atoms with van der Waals surface area (Å²) in [4.78, 5) is 11.4. The summed E-state index contributed by atoms with van der Waals surface area (Å²) in [5.74, 6) is 0.428. The van der Waals surface area contributed by atoms with Crippen molar-refractivity contribution in [3.05, 3.63) is 40.1 Å². The van der Waals surface area contributed by atoms with Crippen LogP contribution in [0, 0.1) is 0 Å². The highest BCUT2D eigenvalue weighted by atomic mass is 32.1. The van der Waals surface area contributed by atoms with Crippen LogP contribution in [-0.2, 0) is 0 Å². The number of benzene rings is 1. The van der Waals surface area contributed by atoms with Gasteiger partial charge in [-0.1, -0.05) is 26.0 Å². The van der Waals surface area contributed by atoms with Gasteiger partial charge >= 0.3 is 0 Å². The zero-order chi connectivity index (χ0) is 12.4. The molecule has 0 amide bonds. The minimum Gasteiger partial charge on any atom is -0.398 e. The number of carbonyl (C=O) groups is 1. The van der Waals surface area contributed by atoms with Gasteiger partial charge in [-0.05, 0) is 40.1 Å². The van der Waals surface area contributed by atoms with Gasteiger partial charge in [0.25, 0.3) is 0 Å². The lowest BCUT2D eigenvalue weighted by Gasteiger charge is -2.10. The van der Waals surface area contributed by atoms with Gasteiger partial charge in [0.2, 0.25) is 0 Å². The molecule has 0 spiro atoms. The van der Waals surface area contributed by atoms with Crippen molar-refractivity contribution in [1.29, 1.82) is 0 Å². The molecule has 0 saturated carbocycles. The molecular formula is C14H15NOS. The van der Waals surface area contributed by atoms with Crippen LogP contribution >= 0.6 is 11.3 Å². The van der Waals surface area contributed by atoms with Gasteiger partial charge in [0.05, 0.1) is 4.88 Å². The third-order valence-corrected chi connectivity index (χ3v) is 3.64. The second-order valence-electron chi connectivity index (χ2n) is 4.35. The molecule has 0 aliphatic rings. The van der Waals surface area contributed by atoms with Crippen molar-refractivity contribution in [2.24, 2.45) is 0 Å². The van der Waals surface area contributed by atoms with Crippen LogP contribution < -0.4 is 5.73 Å². The molecule has 0 aliphatic carbocycles. The number of rotatable bonds is 3. The van der Waals surface area contributed by atoms with Crippen molar-refractivity contribution in [2.45, 2.75) is 19.8 Å². The van der Waals surface area contributed by atoms with E-state index in [1.54, 1.807) is 0 Å². The zero-order valence-corrected chi connectivity index (χ0v) is 10.8. The summed E-state index contributed by atoms with van der Waals surface area (Å²) >= 11 is 1.45. The van der Waals surface area contributed by atoms with E-state index in [-0.39, 0.29) is 0 Å². The Kier molecular flexibility index (Phi) is 3.29. The van der Waals surface area contributed by atoms with Crippen molar-refractivity contribution >= 4 is 23.3 Å². The first-order valence-corrected chi connectivity index (χ1v) is 6.43. The molecule has 0 saturated heterocycles. The van der Waals surface area contributed by atoms with E-state index in [1.165, 1.54) is 16.9 Å². The van der Waals surface area contributed by atoms with E-state index in [1.807, 2.05) is 17.5 Å². The lowest BCUT2D eigenvalue weighted by Crippen LogP contribution is -1.96. The minimum atomic E-state index is 0.428. The summed E-state index contributed by atoms with van der Waals surface area (Å²) in [6.07, 6.45) is 0.875. The molecule has 0 fully saturated rings. The smallest absolute Gasteiger partial charge is 0.160 e. The monoisotopic (exact) mass is 245 g/mol. The fraction of sp³-hybridized carbons (Fsp3) is 0.214. The Morgan fingerprint density at radius 2 is 2.00 bits per heavy atom. The Balaban J connectivity index is 2.40. The Hall–Kier alpha value is -1.61. The molecule has 2 nitrogen and oxygen atoms in total. The third-order valence-electron chi connectivity index (χ3n) is 2.78. The highest BCUT2D eigenvalue weighted by Gasteiger charge is 2.07. The van der Waals surface area contributed by atoms with Gasteiger partial charge in [0.15, 0.2) is 6.29 Å². The van der Waals surface area contributed by atoms with E-state index in [0.717, 1.165) is 28.0 Å². The number of anilines is 1. The summed E-state index contributed by atoms with van der Waals surface area (Å²) in [5.41, 5.74) is 10.1. The van der Waals surface area contributed by atoms with Crippen LogP contribution in [0.1, 0.15) is 35.0 Å². The van der Waals surface area contributed by atoms with Crippen LogP contribution in [0.3, 0.4) is 0 Å². The standard InChI is InChI=1S/C14H15NOS/c1-9(2)13-4-3-10(6-14(13)15)11-5-12(7-16)17-8-11/h3-9H,15H2,1-2H3. The van der Waals surface area contributed by atoms with Gasteiger partial charge in [0.1, 0.15) is 0 Å². The number of nitrogen functional groups attached to an aromatic ring is 1. The summed E-state index contributed by atoms with van der Waals surface area (Å²) in [7, 11) is 0. The third kappa shape index (κ3) is 2.39.